The van der Waals surface area contributed by atoms with E-state index in [4.69, 9.17) is 0 Å². The topological polar surface area (TPSA) is 83.6 Å². The zero-order valence-electron chi connectivity index (χ0n) is 13.2. The molecule has 0 aliphatic rings. The summed E-state index contributed by atoms with van der Waals surface area (Å²) in [7, 11) is 0. The molecule has 0 saturated heterocycles. The number of aromatic nitrogens is 4. The number of halogens is 9. The van der Waals surface area contributed by atoms with Crippen LogP contribution >= 0.6 is 0 Å². The molecule has 1 aromatic heterocycles. The first kappa shape index (κ1) is 21.4. The first-order valence-corrected chi connectivity index (χ1v) is 7.03. The molecule has 0 aliphatic carbocycles. The second-order valence-electron chi connectivity index (χ2n) is 5.40. The van der Waals surface area contributed by atoms with Crippen molar-refractivity contribution in [2.24, 2.45) is 0 Å². The largest absolute Gasteiger partial charge is 0.460 e. The van der Waals surface area contributed by atoms with Crippen LogP contribution in [0, 0.1) is 0 Å². The normalized spacial score (nSPS) is 13.5. The lowest BCUT2D eigenvalue weighted by Gasteiger charge is -2.32. The highest BCUT2D eigenvalue weighted by Gasteiger charge is 2.83. The fraction of sp³-hybridized carbons (Fsp3) is 0.385. The van der Waals surface area contributed by atoms with Crippen molar-refractivity contribution >= 4 is 11.6 Å². The number of nitrogens with zero attached hydrogens (tertiary/aromatic N) is 3. The molecule has 0 saturated carbocycles. The molecule has 2 aromatic rings. The van der Waals surface area contributed by atoms with E-state index >= 15 is 0 Å². The van der Waals surface area contributed by atoms with Crippen molar-refractivity contribution in [1.29, 1.82) is 0 Å². The van der Waals surface area contributed by atoms with Crippen LogP contribution in [0.25, 0.3) is 0 Å². The van der Waals surface area contributed by atoms with Gasteiger partial charge in [0.1, 0.15) is 0 Å². The fourth-order valence-corrected chi connectivity index (χ4v) is 1.88. The fourth-order valence-electron chi connectivity index (χ4n) is 1.88. The van der Waals surface area contributed by atoms with Crippen molar-refractivity contribution in [2.75, 3.05) is 5.32 Å². The molecule has 0 unspecified atom stereocenters. The Morgan fingerprint density at radius 2 is 1.50 bits per heavy atom. The number of amides is 1. The van der Waals surface area contributed by atoms with Crippen molar-refractivity contribution in [3.05, 3.63) is 35.7 Å². The van der Waals surface area contributed by atoms with Crippen molar-refractivity contribution < 1.29 is 44.3 Å². The molecule has 0 aliphatic heterocycles. The minimum absolute atomic E-state index is 0.132. The zero-order chi connectivity index (χ0) is 21.4. The van der Waals surface area contributed by atoms with Crippen LogP contribution in [0.3, 0.4) is 0 Å². The number of hydrogen-bond donors (Lipinski definition) is 2. The Hall–Kier alpha value is -2.87. The molecule has 2 rings (SSSR count). The van der Waals surface area contributed by atoms with Crippen LogP contribution in [0.1, 0.15) is 11.4 Å². The molecule has 2 N–H and O–H groups in total. The molecule has 1 aromatic carbocycles. The predicted molar refractivity (Wildman–Crippen MR) is 73.0 cm³/mol. The Morgan fingerprint density at radius 3 is 1.96 bits per heavy atom. The number of carbonyl (C=O) groups excluding carboxylic acids is 1. The minimum Gasteiger partial charge on any atom is -0.321 e. The summed E-state index contributed by atoms with van der Waals surface area (Å²) in [6.45, 7) is 0. The van der Waals surface area contributed by atoms with E-state index in [0.29, 0.717) is 11.4 Å². The van der Waals surface area contributed by atoms with E-state index in [1.807, 2.05) is 0 Å². The zero-order valence-corrected chi connectivity index (χ0v) is 13.2. The highest BCUT2D eigenvalue weighted by atomic mass is 19.4. The van der Waals surface area contributed by atoms with Gasteiger partial charge in [0, 0.05) is 12.1 Å². The quantitative estimate of drug-likeness (QED) is 0.702. The van der Waals surface area contributed by atoms with Gasteiger partial charge in [0.15, 0.2) is 5.82 Å². The summed E-state index contributed by atoms with van der Waals surface area (Å²) in [5.41, 5.74) is -0.0764. The number of tetrazole rings is 1. The summed E-state index contributed by atoms with van der Waals surface area (Å²) in [5.74, 6) is -23.3. The van der Waals surface area contributed by atoms with Gasteiger partial charge < -0.3 is 5.32 Å². The molecule has 0 atom stereocenters. The minimum atomic E-state index is -7.14. The lowest BCUT2D eigenvalue weighted by molar-refractivity contribution is -0.388. The molecule has 28 heavy (non-hydrogen) atoms. The maximum Gasteiger partial charge on any atom is 0.460 e. The first-order chi connectivity index (χ1) is 12.7. The number of H-pyrrole nitrogens is 1. The third-order valence-corrected chi connectivity index (χ3v) is 3.40. The highest BCUT2D eigenvalue weighted by molar-refractivity contribution is 5.97. The summed E-state index contributed by atoms with van der Waals surface area (Å²) >= 11 is 0. The van der Waals surface area contributed by atoms with Gasteiger partial charge in [-0.1, -0.05) is 12.1 Å². The standard InChI is InChI=1S/C13H8F9N5O/c14-10(15,11(16,17)12(18,19)13(20,21)22)9(28)23-7-3-1-6(2-4-7)5-8-24-26-27-25-8/h1-4H,5H2,(H,23,28)(H,24,25,26,27). The van der Waals surface area contributed by atoms with Gasteiger partial charge in [0.2, 0.25) is 0 Å². The lowest BCUT2D eigenvalue weighted by atomic mass is 10.0. The van der Waals surface area contributed by atoms with Gasteiger partial charge in [-0.15, -0.1) is 5.10 Å². The van der Waals surface area contributed by atoms with E-state index in [9.17, 15) is 44.3 Å². The second-order valence-corrected chi connectivity index (χ2v) is 5.40. The summed E-state index contributed by atoms with van der Waals surface area (Å²) in [5, 5.41) is 13.7. The summed E-state index contributed by atoms with van der Waals surface area (Å²) in [6.07, 6.45) is -6.87. The van der Waals surface area contributed by atoms with Crippen molar-refractivity contribution in [3.63, 3.8) is 0 Å². The van der Waals surface area contributed by atoms with Crippen LogP contribution in [-0.4, -0.2) is 50.5 Å². The Kier molecular flexibility index (Phi) is 5.31. The van der Waals surface area contributed by atoms with E-state index in [2.05, 4.69) is 20.6 Å². The number of carbonyl (C=O) groups is 1. The number of rotatable bonds is 6. The van der Waals surface area contributed by atoms with Crippen LogP contribution < -0.4 is 5.32 Å². The van der Waals surface area contributed by atoms with E-state index in [0.717, 1.165) is 12.1 Å². The number of nitrogens with one attached hydrogen (secondary N) is 2. The summed E-state index contributed by atoms with van der Waals surface area (Å²) in [4.78, 5) is 11.3. The predicted octanol–water partition coefficient (Wildman–Crippen LogP) is 3.20. The maximum absolute atomic E-state index is 13.5. The highest BCUT2D eigenvalue weighted by Crippen LogP contribution is 2.53. The molecule has 0 spiro atoms. The van der Waals surface area contributed by atoms with Crippen LogP contribution in [0.4, 0.5) is 45.2 Å². The Labute approximate surface area is 149 Å². The van der Waals surface area contributed by atoms with Crippen LogP contribution in [-0.2, 0) is 11.2 Å². The van der Waals surface area contributed by atoms with Crippen LogP contribution in [0.15, 0.2) is 24.3 Å². The Balaban J connectivity index is 2.16. The number of alkyl halides is 9. The SMILES string of the molecule is O=C(Nc1ccc(Cc2nnn[nH]2)cc1)C(F)(F)C(F)(F)C(F)(F)C(F)(F)F. The van der Waals surface area contributed by atoms with Gasteiger partial charge in [-0.3, -0.25) is 4.79 Å². The third-order valence-electron chi connectivity index (χ3n) is 3.40. The van der Waals surface area contributed by atoms with Crippen LogP contribution in [0.5, 0.6) is 0 Å². The molecule has 1 heterocycles. The van der Waals surface area contributed by atoms with Gasteiger partial charge in [-0.25, -0.2) is 5.10 Å². The van der Waals surface area contributed by atoms with Crippen molar-refractivity contribution in [2.45, 2.75) is 30.4 Å². The number of hydrogen-bond acceptors (Lipinski definition) is 4. The molecule has 154 valence electrons. The Bertz CT molecular complexity index is 818. The van der Waals surface area contributed by atoms with Gasteiger partial charge >= 0.3 is 29.9 Å². The van der Waals surface area contributed by atoms with E-state index in [1.165, 1.54) is 17.4 Å². The molecule has 15 heteroatoms. The lowest BCUT2D eigenvalue weighted by Crippen LogP contribution is -2.64. The number of aromatic amines is 1. The molecule has 1 amide bonds. The van der Waals surface area contributed by atoms with E-state index < -0.39 is 35.5 Å². The number of benzene rings is 1. The van der Waals surface area contributed by atoms with Crippen molar-refractivity contribution in [3.8, 4) is 0 Å². The smallest absolute Gasteiger partial charge is 0.321 e. The van der Waals surface area contributed by atoms with Gasteiger partial charge in [-0.05, 0) is 28.1 Å². The van der Waals surface area contributed by atoms with E-state index in [-0.39, 0.29) is 6.42 Å². The molecule has 0 bridgehead atoms. The van der Waals surface area contributed by atoms with Crippen molar-refractivity contribution in [1.82, 2.24) is 20.6 Å². The van der Waals surface area contributed by atoms with Crippen LogP contribution in [0.2, 0.25) is 0 Å². The summed E-state index contributed by atoms with van der Waals surface area (Å²) in [6, 6.07) is 4.32. The van der Waals surface area contributed by atoms with Gasteiger partial charge in [0.05, 0.1) is 0 Å². The van der Waals surface area contributed by atoms with Gasteiger partial charge in [0.25, 0.3) is 0 Å². The Morgan fingerprint density at radius 1 is 0.929 bits per heavy atom. The average Bonchev–Trinajstić information content (AvgIpc) is 3.08. The average molecular weight is 421 g/mol. The third kappa shape index (κ3) is 3.73. The monoisotopic (exact) mass is 421 g/mol. The first-order valence-electron chi connectivity index (χ1n) is 7.03. The second kappa shape index (κ2) is 6.94. The van der Waals surface area contributed by atoms with Gasteiger partial charge in [-0.2, -0.15) is 39.5 Å². The molecular weight excluding hydrogens is 413 g/mol. The van der Waals surface area contributed by atoms with E-state index in [1.54, 1.807) is 0 Å². The molecule has 0 fully saturated rings. The molecule has 0 radical (unpaired) electrons. The maximum atomic E-state index is 13.5. The summed E-state index contributed by atoms with van der Waals surface area (Å²) < 4.78 is 115. The molecular formula is C13H8F9N5O. The molecule has 6 nitrogen and oxygen atoms in total. The number of anilines is 1.